The van der Waals surface area contributed by atoms with Crippen molar-refractivity contribution < 1.29 is 0 Å². The van der Waals surface area contributed by atoms with Gasteiger partial charge in [0.1, 0.15) is 0 Å². The van der Waals surface area contributed by atoms with Gasteiger partial charge in [-0.3, -0.25) is 0 Å². The Kier molecular flexibility index (Phi) is 4.39. The predicted octanol–water partition coefficient (Wildman–Crippen LogP) is 7.75. The first-order valence-electron chi connectivity index (χ1n) is 18.7. The standard InChI is InChI=1S/C48H31BN2Se/c1-47(2)32-18-11-19-33-38(32)49-39-34(47)22-30-28-16-9-14-26-24-12-5-7-20-36(24)50(41(26)28)43(30)45(39)52-46-40(49)35(48(33,3)4)23-31-29-17-10-15-27-25-13-6-8-21-37(25)51(42(27)29)44(31)46/h5-23H,1-4H3. The molecule has 0 saturated carbocycles. The molecule has 3 aliphatic rings. The third kappa shape index (κ3) is 2.68. The Bertz CT molecular complexity index is 3280. The summed E-state index contributed by atoms with van der Waals surface area (Å²) in [6, 6.07) is 44.7. The number of para-hydroxylation sites is 4. The monoisotopic (exact) mass is 726 g/mol. The number of nitrogens with zero attached hydrogens (tertiary/aromatic N) is 2. The van der Waals surface area contributed by atoms with E-state index in [4.69, 9.17) is 0 Å². The van der Waals surface area contributed by atoms with Gasteiger partial charge in [-0.15, -0.1) is 0 Å². The van der Waals surface area contributed by atoms with Crippen molar-refractivity contribution in [1.82, 2.24) is 8.80 Å². The number of hydrogen-bond donors (Lipinski definition) is 0. The van der Waals surface area contributed by atoms with Crippen LogP contribution in [0, 0.1) is 0 Å². The molecule has 0 saturated heterocycles. The van der Waals surface area contributed by atoms with Crippen LogP contribution in [0.5, 0.6) is 0 Å². The second kappa shape index (κ2) is 8.34. The molecule has 0 N–H and O–H groups in total. The van der Waals surface area contributed by atoms with E-state index in [0.717, 1.165) is 0 Å². The molecule has 0 aliphatic carbocycles. The number of aromatic nitrogens is 2. The van der Waals surface area contributed by atoms with Gasteiger partial charge in [-0.25, -0.2) is 0 Å². The quantitative estimate of drug-likeness (QED) is 0.142. The van der Waals surface area contributed by atoms with Crippen LogP contribution < -0.4 is 25.3 Å². The third-order valence-corrected chi connectivity index (χ3v) is 16.5. The van der Waals surface area contributed by atoms with Gasteiger partial charge in [0.05, 0.1) is 0 Å². The Morgan fingerprint density at radius 1 is 0.404 bits per heavy atom. The fraction of sp³-hybridized carbons (Fsp3) is 0.125. The average molecular weight is 726 g/mol. The van der Waals surface area contributed by atoms with E-state index >= 15 is 0 Å². The first-order chi connectivity index (χ1) is 25.4. The molecule has 0 atom stereocenters. The first-order valence-corrected chi connectivity index (χ1v) is 20.4. The first kappa shape index (κ1) is 27.4. The Morgan fingerprint density at radius 2 is 0.808 bits per heavy atom. The zero-order valence-electron chi connectivity index (χ0n) is 29.3. The zero-order valence-corrected chi connectivity index (χ0v) is 31.1. The predicted molar refractivity (Wildman–Crippen MR) is 223 cm³/mol. The van der Waals surface area contributed by atoms with Gasteiger partial charge in [0, 0.05) is 0 Å². The topological polar surface area (TPSA) is 8.82 Å². The number of fused-ring (bicyclic) bond motifs is 14. The molecule has 0 unspecified atom stereocenters. The molecule has 0 bridgehead atoms. The number of benzene rings is 7. The van der Waals surface area contributed by atoms with Crippen LogP contribution in [0.1, 0.15) is 49.9 Å². The van der Waals surface area contributed by atoms with Crippen molar-refractivity contribution in [1.29, 1.82) is 0 Å². The van der Waals surface area contributed by atoms with Crippen molar-refractivity contribution in [2.24, 2.45) is 0 Å². The summed E-state index contributed by atoms with van der Waals surface area (Å²) in [4.78, 5) is 0. The maximum absolute atomic E-state index is 2.67. The van der Waals surface area contributed by atoms with Gasteiger partial charge in [0.25, 0.3) is 0 Å². The number of hydrogen-bond acceptors (Lipinski definition) is 0. The summed E-state index contributed by atoms with van der Waals surface area (Å²) in [5.74, 6) is 0. The van der Waals surface area contributed by atoms with Crippen LogP contribution in [0.25, 0.3) is 76.2 Å². The Hall–Kier alpha value is -5.28. The summed E-state index contributed by atoms with van der Waals surface area (Å²) in [6.07, 6.45) is 0. The molecule has 0 amide bonds. The third-order valence-electron chi connectivity index (χ3n) is 13.9. The molecule has 14 rings (SSSR count). The minimum atomic E-state index is -0.120. The van der Waals surface area contributed by atoms with Crippen LogP contribution >= 0.6 is 0 Å². The fourth-order valence-corrected chi connectivity index (χ4v) is 14.8. The average Bonchev–Trinajstić information content (AvgIpc) is 3.89. The van der Waals surface area contributed by atoms with E-state index < -0.39 is 0 Å². The Labute approximate surface area is 306 Å². The molecule has 52 heavy (non-hydrogen) atoms. The van der Waals surface area contributed by atoms with E-state index in [1.54, 1.807) is 25.3 Å². The van der Waals surface area contributed by atoms with E-state index in [2.05, 4.69) is 152 Å². The van der Waals surface area contributed by atoms with Crippen molar-refractivity contribution in [3.05, 3.63) is 138 Å². The van der Waals surface area contributed by atoms with E-state index in [1.807, 2.05) is 0 Å². The SMILES string of the molecule is CC1(C)c2cccc3c2B2c4c1cc1c5cccc6c7ccccc7n(c1c4[Se]c1c2c(cc2c4cccc7c8ccccc8n(c12)c74)C3(C)C)c65. The molecule has 3 aliphatic heterocycles. The van der Waals surface area contributed by atoms with E-state index in [1.165, 1.54) is 98.4 Å². The second-order valence-corrected chi connectivity index (χ2v) is 18.9. The van der Waals surface area contributed by atoms with E-state index in [-0.39, 0.29) is 32.5 Å². The van der Waals surface area contributed by atoms with Gasteiger partial charge in [-0.1, -0.05) is 0 Å². The summed E-state index contributed by atoms with van der Waals surface area (Å²) >= 11 is 0.0524. The zero-order chi connectivity index (χ0) is 34.2. The van der Waals surface area contributed by atoms with E-state index in [9.17, 15) is 0 Å². The van der Waals surface area contributed by atoms with Gasteiger partial charge in [0.2, 0.25) is 0 Å². The molecule has 0 fully saturated rings. The molecule has 0 radical (unpaired) electrons. The van der Waals surface area contributed by atoms with Crippen LogP contribution in [0.15, 0.2) is 115 Å². The molecular weight excluding hydrogens is 694 g/mol. The molecule has 242 valence electrons. The maximum atomic E-state index is 2.67. The molecule has 4 aromatic heterocycles. The van der Waals surface area contributed by atoms with Gasteiger partial charge >= 0.3 is 308 Å². The van der Waals surface area contributed by atoms with Gasteiger partial charge in [0.15, 0.2) is 0 Å². The Morgan fingerprint density at radius 3 is 1.29 bits per heavy atom. The van der Waals surface area contributed by atoms with Crippen LogP contribution in [0.3, 0.4) is 0 Å². The van der Waals surface area contributed by atoms with Crippen molar-refractivity contribution in [3.63, 3.8) is 0 Å². The van der Waals surface area contributed by atoms with Crippen molar-refractivity contribution in [3.8, 4) is 0 Å². The summed E-state index contributed by atoms with van der Waals surface area (Å²) in [5, 5.41) is 11.0. The molecule has 2 nitrogen and oxygen atoms in total. The van der Waals surface area contributed by atoms with Crippen LogP contribution in [-0.2, 0) is 10.8 Å². The second-order valence-electron chi connectivity index (χ2n) is 16.8. The Balaban J connectivity index is 1.27. The number of rotatable bonds is 0. The van der Waals surface area contributed by atoms with Gasteiger partial charge in [-0.05, 0) is 0 Å². The molecule has 0 spiro atoms. The van der Waals surface area contributed by atoms with Gasteiger partial charge < -0.3 is 0 Å². The molecule has 4 heteroatoms. The normalized spacial score (nSPS) is 16.7. The van der Waals surface area contributed by atoms with Crippen molar-refractivity contribution in [2.75, 3.05) is 0 Å². The molecule has 7 aromatic carbocycles. The van der Waals surface area contributed by atoms with E-state index in [0.29, 0.717) is 0 Å². The van der Waals surface area contributed by atoms with Gasteiger partial charge in [-0.2, -0.15) is 0 Å². The summed E-state index contributed by atoms with van der Waals surface area (Å²) in [7, 11) is 0. The van der Waals surface area contributed by atoms with Crippen LogP contribution in [-0.4, -0.2) is 30.5 Å². The summed E-state index contributed by atoms with van der Waals surface area (Å²) < 4.78 is 8.52. The summed E-state index contributed by atoms with van der Waals surface area (Å²) in [5.41, 5.74) is 18.9. The van der Waals surface area contributed by atoms with Crippen molar-refractivity contribution in [2.45, 2.75) is 38.5 Å². The molecule has 11 aromatic rings. The van der Waals surface area contributed by atoms with Crippen molar-refractivity contribution >= 4 is 123 Å². The van der Waals surface area contributed by atoms with Crippen LogP contribution in [0.2, 0.25) is 0 Å². The fourth-order valence-electron chi connectivity index (χ4n) is 11.7. The molecular formula is C48H31BN2Se. The minimum absolute atomic E-state index is 0.0524. The molecule has 7 heterocycles. The summed E-state index contributed by atoms with van der Waals surface area (Å²) in [6.45, 7) is 10.2. The van der Waals surface area contributed by atoms with Crippen LogP contribution in [0.4, 0.5) is 0 Å².